The highest BCUT2D eigenvalue weighted by Crippen LogP contribution is 2.15. The van der Waals surface area contributed by atoms with Gasteiger partial charge in [-0.3, -0.25) is 9.59 Å². The van der Waals surface area contributed by atoms with Crippen LogP contribution in [-0.2, 0) is 9.59 Å². The number of amides is 2. The monoisotopic (exact) mass is 292 g/mol. The van der Waals surface area contributed by atoms with Crippen LogP contribution in [0.15, 0.2) is 24.3 Å². The molecule has 0 aliphatic carbocycles. The first-order chi connectivity index (χ1) is 10.2. The number of rotatable bonds is 9. The van der Waals surface area contributed by atoms with Gasteiger partial charge in [-0.1, -0.05) is 19.8 Å². The molecule has 1 aromatic rings. The lowest BCUT2D eigenvalue weighted by Gasteiger charge is -2.07. The highest BCUT2D eigenvalue weighted by molar-refractivity contribution is 6.03. The van der Waals surface area contributed by atoms with Gasteiger partial charge in [0.2, 0.25) is 11.8 Å². The van der Waals surface area contributed by atoms with Gasteiger partial charge >= 0.3 is 0 Å². The van der Waals surface area contributed by atoms with Crippen LogP contribution in [0.3, 0.4) is 0 Å². The molecule has 0 aromatic heterocycles. The lowest BCUT2D eigenvalue weighted by atomic mass is 10.2. The second-order valence-electron chi connectivity index (χ2n) is 4.74. The van der Waals surface area contributed by atoms with Crippen molar-refractivity contribution >= 4 is 17.5 Å². The molecule has 0 unspecified atom stereocenters. The van der Waals surface area contributed by atoms with E-state index in [1.165, 1.54) is 0 Å². The smallest absolute Gasteiger partial charge is 0.233 e. The first-order valence-electron chi connectivity index (χ1n) is 7.45. The number of benzene rings is 1. The van der Waals surface area contributed by atoms with Gasteiger partial charge in [0.05, 0.1) is 6.61 Å². The number of ether oxygens (including phenoxy) is 1. The van der Waals surface area contributed by atoms with Crippen LogP contribution in [0.2, 0.25) is 0 Å². The zero-order chi connectivity index (χ0) is 15.5. The molecular formula is C16H24N2O3. The Bertz CT molecular complexity index is 443. The van der Waals surface area contributed by atoms with Crippen LogP contribution in [0, 0.1) is 0 Å². The number of unbranched alkanes of at least 4 members (excludes halogenated alkanes) is 2. The topological polar surface area (TPSA) is 67.4 Å². The van der Waals surface area contributed by atoms with Crippen LogP contribution < -0.4 is 15.4 Å². The van der Waals surface area contributed by atoms with Gasteiger partial charge in [-0.25, -0.2) is 0 Å². The molecule has 5 nitrogen and oxygen atoms in total. The number of hydrogen-bond donors (Lipinski definition) is 2. The third kappa shape index (κ3) is 7.34. The molecular weight excluding hydrogens is 268 g/mol. The number of nitrogens with one attached hydrogen (secondary N) is 2. The summed E-state index contributed by atoms with van der Waals surface area (Å²) in [5, 5.41) is 5.43. The fourth-order valence-electron chi connectivity index (χ4n) is 1.82. The predicted octanol–water partition coefficient (Wildman–Crippen LogP) is 2.72. The van der Waals surface area contributed by atoms with Crippen LogP contribution in [0.5, 0.6) is 5.75 Å². The van der Waals surface area contributed by atoms with Crippen molar-refractivity contribution in [2.24, 2.45) is 0 Å². The molecule has 1 rings (SSSR count). The fraction of sp³-hybridized carbons (Fsp3) is 0.500. The Kier molecular flexibility index (Phi) is 7.94. The van der Waals surface area contributed by atoms with Crippen LogP contribution in [-0.4, -0.2) is 25.0 Å². The summed E-state index contributed by atoms with van der Waals surface area (Å²) in [5.74, 6) is 0.200. The van der Waals surface area contributed by atoms with E-state index in [2.05, 4.69) is 17.6 Å². The number of anilines is 1. The lowest BCUT2D eigenvalue weighted by Crippen LogP contribution is -2.28. The van der Waals surface area contributed by atoms with Gasteiger partial charge < -0.3 is 15.4 Å². The Labute approximate surface area is 126 Å². The first-order valence-corrected chi connectivity index (χ1v) is 7.45. The molecule has 0 atom stereocenters. The van der Waals surface area contributed by atoms with Gasteiger partial charge in [-0.05, 0) is 37.6 Å². The molecule has 0 saturated carbocycles. The van der Waals surface area contributed by atoms with Crippen LogP contribution in [0.4, 0.5) is 5.69 Å². The molecule has 0 radical (unpaired) electrons. The Balaban J connectivity index is 2.30. The van der Waals surface area contributed by atoms with E-state index in [9.17, 15) is 9.59 Å². The van der Waals surface area contributed by atoms with E-state index in [1.54, 1.807) is 24.3 Å². The SMILES string of the molecule is CCCCCNC(=O)CC(=O)Nc1ccc(OCC)cc1. The van der Waals surface area contributed by atoms with E-state index >= 15 is 0 Å². The summed E-state index contributed by atoms with van der Waals surface area (Å²) in [7, 11) is 0. The molecule has 0 aliphatic rings. The highest BCUT2D eigenvalue weighted by atomic mass is 16.5. The van der Waals surface area contributed by atoms with Crippen LogP contribution >= 0.6 is 0 Å². The van der Waals surface area contributed by atoms with E-state index in [0.717, 1.165) is 25.0 Å². The quantitative estimate of drug-likeness (QED) is 0.543. The van der Waals surface area contributed by atoms with Gasteiger partial charge in [-0.2, -0.15) is 0 Å². The predicted molar refractivity (Wildman–Crippen MR) is 83.4 cm³/mol. The second kappa shape index (κ2) is 9.80. The summed E-state index contributed by atoms with van der Waals surface area (Å²) in [5.41, 5.74) is 0.655. The molecule has 5 heteroatoms. The van der Waals surface area contributed by atoms with Gasteiger partial charge in [0.1, 0.15) is 12.2 Å². The maximum Gasteiger partial charge on any atom is 0.233 e. The normalized spacial score (nSPS) is 10.0. The van der Waals surface area contributed by atoms with Gasteiger partial charge in [0.15, 0.2) is 0 Å². The molecule has 0 aliphatic heterocycles. The largest absolute Gasteiger partial charge is 0.494 e. The minimum absolute atomic E-state index is 0.153. The van der Waals surface area contributed by atoms with E-state index in [4.69, 9.17) is 4.74 Å². The van der Waals surface area contributed by atoms with E-state index < -0.39 is 0 Å². The van der Waals surface area contributed by atoms with Crippen molar-refractivity contribution in [2.45, 2.75) is 39.5 Å². The fourth-order valence-corrected chi connectivity index (χ4v) is 1.82. The Hall–Kier alpha value is -2.04. The summed E-state index contributed by atoms with van der Waals surface area (Å²) in [6.45, 7) is 5.24. The molecule has 0 fully saturated rings. The van der Waals surface area contributed by atoms with Crippen LogP contribution in [0.25, 0.3) is 0 Å². The Morgan fingerprint density at radius 3 is 2.38 bits per heavy atom. The molecule has 0 saturated heterocycles. The third-order valence-electron chi connectivity index (χ3n) is 2.87. The Morgan fingerprint density at radius 2 is 1.76 bits per heavy atom. The zero-order valence-electron chi connectivity index (χ0n) is 12.8. The highest BCUT2D eigenvalue weighted by Gasteiger charge is 2.09. The zero-order valence-corrected chi connectivity index (χ0v) is 12.8. The van der Waals surface area contributed by atoms with E-state index in [1.807, 2.05) is 6.92 Å². The molecule has 0 heterocycles. The van der Waals surface area contributed by atoms with Crippen molar-refractivity contribution in [1.82, 2.24) is 5.32 Å². The van der Waals surface area contributed by atoms with Crippen molar-refractivity contribution in [2.75, 3.05) is 18.5 Å². The number of hydrogen-bond acceptors (Lipinski definition) is 3. The van der Waals surface area contributed by atoms with Gasteiger partial charge in [-0.15, -0.1) is 0 Å². The van der Waals surface area contributed by atoms with Crippen molar-refractivity contribution in [3.05, 3.63) is 24.3 Å². The molecule has 0 bridgehead atoms. The maximum absolute atomic E-state index is 11.7. The van der Waals surface area contributed by atoms with E-state index in [0.29, 0.717) is 18.8 Å². The summed E-state index contributed by atoms with van der Waals surface area (Å²) >= 11 is 0. The minimum atomic E-state index is -0.313. The van der Waals surface area contributed by atoms with Crippen molar-refractivity contribution < 1.29 is 14.3 Å². The van der Waals surface area contributed by atoms with Crippen molar-refractivity contribution in [3.8, 4) is 5.75 Å². The standard InChI is InChI=1S/C16H24N2O3/c1-3-5-6-11-17-15(19)12-16(20)18-13-7-9-14(10-8-13)21-4-2/h7-10H,3-6,11-12H2,1-2H3,(H,17,19)(H,18,20). The average molecular weight is 292 g/mol. The molecule has 21 heavy (non-hydrogen) atoms. The van der Waals surface area contributed by atoms with Crippen molar-refractivity contribution in [3.63, 3.8) is 0 Å². The number of carbonyl (C=O) groups excluding carboxylic acids is 2. The lowest BCUT2D eigenvalue weighted by molar-refractivity contribution is -0.126. The van der Waals surface area contributed by atoms with Crippen molar-refractivity contribution in [1.29, 1.82) is 0 Å². The van der Waals surface area contributed by atoms with Gasteiger partial charge in [0, 0.05) is 12.2 Å². The molecule has 0 spiro atoms. The first kappa shape index (κ1) is 17.0. The summed E-state index contributed by atoms with van der Waals surface area (Å²) in [6, 6.07) is 7.07. The number of carbonyl (C=O) groups is 2. The summed E-state index contributed by atoms with van der Waals surface area (Å²) in [4.78, 5) is 23.3. The summed E-state index contributed by atoms with van der Waals surface area (Å²) in [6.07, 6.45) is 2.98. The second-order valence-corrected chi connectivity index (χ2v) is 4.74. The maximum atomic E-state index is 11.7. The Morgan fingerprint density at radius 1 is 1.05 bits per heavy atom. The van der Waals surface area contributed by atoms with E-state index in [-0.39, 0.29) is 18.2 Å². The molecule has 116 valence electrons. The average Bonchev–Trinajstić information content (AvgIpc) is 2.46. The molecule has 2 N–H and O–H groups in total. The molecule has 2 amide bonds. The van der Waals surface area contributed by atoms with Crippen LogP contribution in [0.1, 0.15) is 39.5 Å². The minimum Gasteiger partial charge on any atom is -0.494 e. The summed E-state index contributed by atoms with van der Waals surface area (Å²) < 4.78 is 5.32. The van der Waals surface area contributed by atoms with Gasteiger partial charge in [0.25, 0.3) is 0 Å². The molecule has 1 aromatic carbocycles. The third-order valence-corrected chi connectivity index (χ3v) is 2.87.